The Morgan fingerprint density at radius 3 is 2.61 bits per heavy atom. The largest absolute Gasteiger partial charge is 0.337 e. The Morgan fingerprint density at radius 2 is 1.96 bits per heavy atom. The van der Waals surface area contributed by atoms with Gasteiger partial charge in [-0.05, 0) is 42.0 Å². The third-order valence-electron chi connectivity index (χ3n) is 5.19. The molecule has 5 heteroatoms. The number of carbonyl (C=O) groups is 1. The first-order chi connectivity index (χ1) is 11.2. The van der Waals surface area contributed by atoms with Crippen molar-refractivity contribution in [2.45, 2.75) is 24.9 Å². The summed E-state index contributed by atoms with van der Waals surface area (Å²) < 4.78 is 13.0. The summed E-state index contributed by atoms with van der Waals surface area (Å²) in [7, 11) is 0. The van der Waals surface area contributed by atoms with Gasteiger partial charge in [0.15, 0.2) is 0 Å². The zero-order valence-corrected chi connectivity index (χ0v) is 13.7. The van der Waals surface area contributed by atoms with Gasteiger partial charge in [0.2, 0.25) is 0 Å². The number of likely N-dealkylation sites (tertiary alicyclic amines) is 2. The summed E-state index contributed by atoms with van der Waals surface area (Å²) in [6, 6.07) is 8.63. The lowest BCUT2D eigenvalue weighted by atomic mass is 9.83. The predicted molar refractivity (Wildman–Crippen MR) is 89.0 cm³/mol. The molecule has 4 rings (SSSR count). The van der Waals surface area contributed by atoms with Gasteiger partial charge in [0.25, 0.3) is 5.91 Å². The van der Waals surface area contributed by atoms with Crippen LogP contribution in [0.4, 0.5) is 4.39 Å². The van der Waals surface area contributed by atoms with Crippen molar-refractivity contribution in [3.63, 3.8) is 0 Å². The first-order valence-electron chi connectivity index (χ1n) is 7.97. The zero-order chi connectivity index (χ0) is 15.9. The summed E-state index contributed by atoms with van der Waals surface area (Å²) in [6.07, 6.45) is 2.17. The molecule has 0 unspecified atom stereocenters. The number of amides is 1. The second-order valence-corrected chi connectivity index (χ2v) is 7.29. The van der Waals surface area contributed by atoms with E-state index in [1.807, 2.05) is 33.9 Å². The van der Waals surface area contributed by atoms with Gasteiger partial charge in [-0.1, -0.05) is 12.1 Å². The smallest absolute Gasteiger partial charge is 0.254 e. The van der Waals surface area contributed by atoms with Crippen LogP contribution in [-0.4, -0.2) is 40.9 Å². The highest BCUT2D eigenvalue weighted by molar-refractivity contribution is 7.08. The maximum Gasteiger partial charge on any atom is 0.254 e. The van der Waals surface area contributed by atoms with Crippen molar-refractivity contribution in [2.24, 2.45) is 0 Å². The Bertz CT molecular complexity index is 700. The number of hydrogen-bond donors (Lipinski definition) is 0. The van der Waals surface area contributed by atoms with Gasteiger partial charge in [-0.2, -0.15) is 11.3 Å². The molecule has 1 spiro atoms. The van der Waals surface area contributed by atoms with Crippen LogP contribution in [-0.2, 0) is 6.54 Å². The van der Waals surface area contributed by atoms with Crippen LogP contribution in [0.1, 0.15) is 28.8 Å². The van der Waals surface area contributed by atoms with Crippen molar-refractivity contribution >= 4 is 17.2 Å². The van der Waals surface area contributed by atoms with Gasteiger partial charge in [0.1, 0.15) is 5.82 Å². The fraction of sp³-hybridized carbons (Fsp3) is 0.389. The molecule has 23 heavy (non-hydrogen) atoms. The van der Waals surface area contributed by atoms with E-state index < -0.39 is 0 Å². The molecule has 2 aromatic rings. The van der Waals surface area contributed by atoms with E-state index in [0.29, 0.717) is 0 Å². The molecule has 1 atom stereocenters. The quantitative estimate of drug-likeness (QED) is 0.861. The third-order valence-corrected chi connectivity index (χ3v) is 5.88. The number of halogens is 1. The van der Waals surface area contributed by atoms with Gasteiger partial charge >= 0.3 is 0 Å². The molecule has 3 heterocycles. The van der Waals surface area contributed by atoms with Crippen molar-refractivity contribution < 1.29 is 9.18 Å². The van der Waals surface area contributed by atoms with E-state index in [-0.39, 0.29) is 17.3 Å². The zero-order valence-electron chi connectivity index (χ0n) is 12.9. The molecule has 3 nitrogen and oxygen atoms in total. The molecule has 120 valence electrons. The lowest BCUT2D eigenvalue weighted by molar-refractivity contribution is -0.0131. The van der Waals surface area contributed by atoms with E-state index in [4.69, 9.17) is 0 Å². The lowest BCUT2D eigenvalue weighted by Crippen LogP contribution is -2.60. The molecule has 0 saturated carbocycles. The van der Waals surface area contributed by atoms with E-state index >= 15 is 0 Å². The maximum atomic E-state index is 13.0. The number of benzene rings is 1. The third kappa shape index (κ3) is 2.68. The monoisotopic (exact) mass is 330 g/mol. The number of hydrogen-bond acceptors (Lipinski definition) is 3. The van der Waals surface area contributed by atoms with Crippen LogP contribution in [0.2, 0.25) is 0 Å². The molecule has 2 fully saturated rings. The Kier molecular flexibility index (Phi) is 3.70. The van der Waals surface area contributed by atoms with Crippen molar-refractivity contribution in [2.75, 3.05) is 19.6 Å². The van der Waals surface area contributed by atoms with Crippen molar-refractivity contribution in [1.29, 1.82) is 0 Å². The van der Waals surface area contributed by atoms with Gasteiger partial charge in [-0.25, -0.2) is 4.39 Å². The van der Waals surface area contributed by atoms with E-state index in [1.54, 1.807) is 11.3 Å². The Labute approximate surface area is 139 Å². The standard InChI is InChI=1S/C18H19FN2OS/c19-16-3-1-14(2-4-16)11-21-9-7-18(21)6-8-20(13-18)17(22)15-5-10-23-12-15/h1-5,10,12H,6-9,11,13H2/t18-/m0/s1. The average Bonchev–Trinajstić information content (AvgIpc) is 3.23. The number of rotatable bonds is 3. The normalized spacial score (nSPS) is 24.1. The van der Waals surface area contributed by atoms with Crippen LogP contribution in [0.25, 0.3) is 0 Å². The Morgan fingerprint density at radius 1 is 1.17 bits per heavy atom. The van der Waals surface area contributed by atoms with Crippen LogP contribution in [0, 0.1) is 5.82 Å². The van der Waals surface area contributed by atoms with Crippen LogP contribution >= 0.6 is 11.3 Å². The molecule has 0 radical (unpaired) electrons. The Balaban J connectivity index is 1.43. The van der Waals surface area contributed by atoms with Crippen LogP contribution < -0.4 is 0 Å². The molecule has 1 aromatic heterocycles. The summed E-state index contributed by atoms with van der Waals surface area (Å²) in [5, 5.41) is 3.87. The summed E-state index contributed by atoms with van der Waals surface area (Å²) in [5.41, 5.74) is 2.06. The van der Waals surface area contributed by atoms with Gasteiger partial charge in [-0.15, -0.1) is 0 Å². The number of thiophene rings is 1. The SMILES string of the molecule is O=C(c1ccsc1)N1CC[C@]2(CCN2Cc2ccc(F)cc2)C1. The fourth-order valence-corrected chi connectivity index (χ4v) is 4.33. The number of nitrogens with zero attached hydrogens (tertiary/aromatic N) is 2. The van der Waals surface area contributed by atoms with Crippen LogP contribution in [0.5, 0.6) is 0 Å². The fourth-order valence-electron chi connectivity index (χ4n) is 3.70. The Hall–Kier alpha value is -1.72. The predicted octanol–water partition coefficient (Wildman–Crippen LogP) is 3.38. The second kappa shape index (κ2) is 5.73. The van der Waals surface area contributed by atoms with Crippen molar-refractivity contribution in [1.82, 2.24) is 9.80 Å². The molecule has 0 aliphatic carbocycles. The highest BCUT2D eigenvalue weighted by atomic mass is 32.1. The first-order valence-corrected chi connectivity index (χ1v) is 8.92. The highest BCUT2D eigenvalue weighted by Gasteiger charge is 2.49. The van der Waals surface area contributed by atoms with Gasteiger partial charge in [0, 0.05) is 37.1 Å². The minimum atomic E-state index is -0.194. The lowest BCUT2D eigenvalue weighted by Gasteiger charge is -2.50. The molecule has 2 aliphatic heterocycles. The molecule has 2 aliphatic rings. The molecule has 1 amide bonds. The van der Waals surface area contributed by atoms with Crippen molar-refractivity contribution in [3.8, 4) is 0 Å². The van der Waals surface area contributed by atoms with E-state index in [1.165, 1.54) is 12.1 Å². The molecule has 1 aromatic carbocycles. The summed E-state index contributed by atoms with van der Waals surface area (Å²) in [4.78, 5) is 16.9. The first kappa shape index (κ1) is 14.8. The second-order valence-electron chi connectivity index (χ2n) is 6.51. The van der Waals surface area contributed by atoms with Crippen LogP contribution in [0.3, 0.4) is 0 Å². The summed E-state index contributed by atoms with van der Waals surface area (Å²) in [5.74, 6) is -0.0442. The van der Waals surface area contributed by atoms with Gasteiger partial charge in [-0.3, -0.25) is 9.69 Å². The molecule has 2 saturated heterocycles. The molecule has 0 N–H and O–H groups in total. The average molecular weight is 330 g/mol. The molecule has 0 bridgehead atoms. The van der Waals surface area contributed by atoms with Crippen molar-refractivity contribution in [3.05, 3.63) is 58.0 Å². The minimum absolute atomic E-state index is 0.125. The van der Waals surface area contributed by atoms with Gasteiger partial charge < -0.3 is 4.90 Å². The van der Waals surface area contributed by atoms with Gasteiger partial charge in [0.05, 0.1) is 5.56 Å². The van der Waals surface area contributed by atoms with E-state index in [0.717, 1.165) is 50.1 Å². The summed E-state index contributed by atoms with van der Waals surface area (Å²) in [6.45, 7) is 3.52. The molecular formula is C18H19FN2OS. The van der Waals surface area contributed by atoms with E-state index in [9.17, 15) is 9.18 Å². The molecular weight excluding hydrogens is 311 g/mol. The summed E-state index contributed by atoms with van der Waals surface area (Å²) >= 11 is 1.56. The number of carbonyl (C=O) groups excluding carboxylic acids is 1. The minimum Gasteiger partial charge on any atom is -0.337 e. The maximum absolute atomic E-state index is 13.0. The highest BCUT2D eigenvalue weighted by Crippen LogP contribution is 2.40. The topological polar surface area (TPSA) is 23.6 Å². The van der Waals surface area contributed by atoms with E-state index in [2.05, 4.69) is 4.90 Å². The van der Waals surface area contributed by atoms with Crippen LogP contribution in [0.15, 0.2) is 41.1 Å².